The van der Waals surface area contributed by atoms with E-state index >= 15 is 0 Å². The Bertz CT molecular complexity index is 256. The van der Waals surface area contributed by atoms with Gasteiger partial charge in [0.2, 0.25) is 0 Å². The molecule has 0 bridgehead atoms. The summed E-state index contributed by atoms with van der Waals surface area (Å²) in [7, 11) is 1.49. The summed E-state index contributed by atoms with van der Waals surface area (Å²) in [6.07, 6.45) is -0.133. The van der Waals surface area contributed by atoms with Gasteiger partial charge in [0.05, 0.1) is 6.10 Å². The molecule has 0 aliphatic carbocycles. The Morgan fingerprint density at radius 3 is 2.41 bits per heavy atom. The van der Waals surface area contributed by atoms with Crippen LogP contribution in [0.4, 0.5) is 4.79 Å². The molecule has 0 aromatic heterocycles. The predicted octanol–water partition coefficient (Wildman–Crippen LogP) is 1.49. The molecule has 1 N–H and O–H groups in total. The first-order valence-corrected chi connectivity index (χ1v) is 6.43. The van der Waals surface area contributed by atoms with Gasteiger partial charge in [0.1, 0.15) is 6.10 Å². The number of hydrogen-bond donors (Lipinski definition) is 1. The van der Waals surface area contributed by atoms with Crippen molar-refractivity contribution in [3.05, 3.63) is 0 Å². The molecule has 0 spiro atoms. The minimum Gasteiger partial charge on any atom is -0.466 e. The van der Waals surface area contributed by atoms with Crippen LogP contribution in [0.15, 0.2) is 0 Å². The maximum absolute atomic E-state index is 11.6. The van der Waals surface area contributed by atoms with Crippen molar-refractivity contribution in [2.24, 2.45) is 11.8 Å². The summed E-state index contributed by atoms with van der Waals surface area (Å²) in [6, 6.07) is 0. The van der Waals surface area contributed by atoms with Crippen molar-refractivity contribution < 1.29 is 14.6 Å². The molecule has 0 aromatic rings. The molecule has 4 nitrogen and oxygen atoms in total. The lowest BCUT2D eigenvalue weighted by Crippen LogP contribution is -2.41. The maximum Gasteiger partial charge on any atom is 0.357 e. The normalized spacial score (nSPS) is 20.8. The van der Waals surface area contributed by atoms with E-state index in [-0.39, 0.29) is 17.7 Å². The van der Waals surface area contributed by atoms with Crippen molar-refractivity contribution in [3.8, 4) is 0 Å². The van der Waals surface area contributed by atoms with Crippen molar-refractivity contribution in [1.29, 1.82) is 0 Å². The monoisotopic (exact) mass is 240 g/mol. The first kappa shape index (κ1) is 14.5. The average molecular weight is 240 g/mol. The van der Waals surface area contributed by atoms with Crippen molar-refractivity contribution >= 4 is 13.3 Å². The predicted molar refractivity (Wildman–Crippen MR) is 67.9 cm³/mol. The minimum atomic E-state index is -0.600. The van der Waals surface area contributed by atoms with Gasteiger partial charge in [-0.2, -0.15) is 0 Å². The molecular weight excluding hydrogens is 217 g/mol. The number of aliphatic hydroxyl groups excluding tert-OH is 1. The van der Waals surface area contributed by atoms with Crippen molar-refractivity contribution in [1.82, 2.24) is 4.81 Å². The molecular formula is C12H23BNO3. The Hall–Kier alpha value is -0.545. The van der Waals surface area contributed by atoms with Crippen LogP contribution in [0.1, 0.15) is 34.1 Å². The number of aliphatic hydroxyl groups is 1. The quantitative estimate of drug-likeness (QED) is 0.541. The third-order valence-corrected chi connectivity index (χ3v) is 3.25. The van der Waals surface area contributed by atoms with E-state index in [1.807, 2.05) is 32.5 Å². The van der Waals surface area contributed by atoms with E-state index in [0.717, 1.165) is 19.5 Å². The van der Waals surface area contributed by atoms with Crippen LogP contribution in [0.5, 0.6) is 0 Å². The van der Waals surface area contributed by atoms with Gasteiger partial charge in [0.25, 0.3) is 5.87 Å². The molecule has 1 heterocycles. The topological polar surface area (TPSA) is 49.5 Å². The second-order valence-electron chi connectivity index (χ2n) is 5.19. The van der Waals surface area contributed by atoms with Gasteiger partial charge in [-0.1, -0.05) is 27.7 Å². The van der Waals surface area contributed by atoms with Crippen LogP contribution in [0, 0.1) is 11.8 Å². The summed E-state index contributed by atoms with van der Waals surface area (Å²) in [6.45, 7) is 9.75. The van der Waals surface area contributed by atoms with Crippen LogP contribution < -0.4 is 0 Å². The molecule has 1 saturated heterocycles. The zero-order chi connectivity index (χ0) is 13.0. The fourth-order valence-corrected chi connectivity index (χ4v) is 1.63. The summed E-state index contributed by atoms with van der Waals surface area (Å²) >= 11 is 0. The number of carbonyl (C=O) groups is 1. The number of carbonyl (C=O) groups excluding carboxylic acids is 1. The smallest absolute Gasteiger partial charge is 0.357 e. The van der Waals surface area contributed by atoms with Gasteiger partial charge in [-0.05, 0) is 31.3 Å². The lowest BCUT2D eigenvalue weighted by atomic mass is 9.89. The summed E-state index contributed by atoms with van der Waals surface area (Å²) < 4.78 is 5.39. The zero-order valence-corrected chi connectivity index (χ0v) is 11.2. The van der Waals surface area contributed by atoms with Crippen LogP contribution in [0.2, 0.25) is 0 Å². The van der Waals surface area contributed by atoms with E-state index in [4.69, 9.17) is 4.74 Å². The number of hydrogen-bond acceptors (Lipinski definition) is 4. The largest absolute Gasteiger partial charge is 0.466 e. The number of rotatable bonds is 7. The molecule has 1 fully saturated rings. The van der Waals surface area contributed by atoms with Gasteiger partial charge in [-0.25, -0.2) is 0 Å². The number of ether oxygens (including phenoxy) is 1. The Balaban J connectivity index is 2.52. The molecule has 1 aliphatic rings. The number of nitrogens with zero attached hydrogens (tertiary/aromatic N) is 1. The highest BCUT2D eigenvalue weighted by molar-refractivity contribution is 6.70. The molecule has 0 saturated carbocycles. The molecule has 0 aromatic carbocycles. The Morgan fingerprint density at radius 2 is 2.00 bits per heavy atom. The first-order valence-electron chi connectivity index (χ1n) is 6.43. The van der Waals surface area contributed by atoms with Crippen molar-refractivity contribution in [3.63, 3.8) is 0 Å². The molecule has 3 unspecified atom stereocenters. The lowest BCUT2D eigenvalue weighted by Gasteiger charge is -2.30. The Morgan fingerprint density at radius 1 is 1.41 bits per heavy atom. The van der Waals surface area contributed by atoms with Crippen LogP contribution in [-0.4, -0.2) is 48.5 Å². The van der Waals surface area contributed by atoms with Crippen LogP contribution in [-0.2, 0) is 4.74 Å². The van der Waals surface area contributed by atoms with E-state index in [0.29, 0.717) is 0 Å². The Kier molecular flexibility index (Phi) is 5.47. The molecule has 17 heavy (non-hydrogen) atoms. The van der Waals surface area contributed by atoms with E-state index in [1.165, 1.54) is 7.41 Å². The van der Waals surface area contributed by atoms with Crippen molar-refractivity contribution in [2.45, 2.75) is 46.3 Å². The Labute approximate surface area is 105 Å². The van der Waals surface area contributed by atoms with E-state index in [1.54, 1.807) is 0 Å². The van der Waals surface area contributed by atoms with E-state index in [2.05, 4.69) is 0 Å². The molecule has 97 valence electrons. The molecule has 1 radical (unpaired) electrons. The highest BCUT2D eigenvalue weighted by Gasteiger charge is 2.32. The summed E-state index contributed by atoms with van der Waals surface area (Å²) in [5.41, 5.74) is 0. The summed E-state index contributed by atoms with van der Waals surface area (Å²) in [5, 5.41) is 10.1. The second-order valence-corrected chi connectivity index (χ2v) is 5.19. The van der Waals surface area contributed by atoms with Crippen LogP contribution >= 0.6 is 0 Å². The standard InChI is InChI=1S/C12H23BNO3/c1-5-9(4)11(10(15)8(2)3)17-12(16)13-14-6-7-14/h8-11,15H,5-7H2,1-4H3. The molecule has 5 heteroatoms. The molecule has 0 amide bonds. The molecule has 1 aliphatic heterocycles. The second kappa shape index (κ2) is 6.40. The molecule has 1 rings (SSSR count). The lowest BCUT2D eigenvalue weighted by molar-refractivity contribution is -0.0391. The van der Waals surface area contributed by atoms with Gasteiger partial charge in [-0.3, -0.25) is 4.79 Å². The highest BCUT2D eigenvalue weighted by atomic mass is 16.5. The summed E-state index contributed by atoms with van der Waals surface area (Å²) in [5.74, 6) is -0.0884. The van der Waals surface area contributed by atoms with E-state index in [9.17, 15) is 9.90 Å². The van der Waals surface area contributed by atoms with Crippen LogP contribution in [0.25, 0.3) is 0 Å². The van der Waals surface area contributed by atoms with Gasteiger partial charge < -0.3 is 14.7 Å². The summed E-state index contributed by atoms with van der Waals surface area (Å²) in [4.78, 5) is 13.5. The maximum atomic E-state index is 11.6. The van der Waals surface area contributed by atoms with Gasteiger partial charge in [0, 0.05) is 0 Å². The third-order valence-electron chi connectivity index (χ3n) is 3.25. The van der Waals surface area contributed by atoms with Gasteiger partial charge in [0.15, 0.2) is 0 Å². The van der Waals surface area contributed by atoms with E-state index < -0.39 is 12.2 Å². The van der Waals surface area contributed by atoms with Crippen LogP contribution in [0.3, 0.4) is 0 Å². The molecule has 3 atom stereocenters. The average Bonchev–Trinajstić information content (AvgIpc) is 3.07. The fraction of sp³-hybridized carbons (Fsp3) is 0.917. The highest BCUT2D eigenvalue weighted by Crippen LogP contribution is 2.20. The minimum absolute atomic E-state index is 0.0861. The zero-order valence-electron chi connectivity index (χ0n) is 11.2. The fourth-order valence-electron chi connectivity index (χ4n) is 1.63. The van der Waals surface area contributed by atoms with Gasteiger partial charge >= 0.3 is 7.41 Å². The first-order chi connectivity index (χ1) is 7.95. The SMILES string of the molecule is CCC(C)C(OC(=O)[B]N1CC1)C(O)C(C)C. The third kappa shape index (κ3) is 4.68. The van der Waals surface area contributed by atoms with Gasteiger partial charge in [-0.15, -0.1) is 0 Å². The van der Waals surface area contributed by atoms with Crippen molar-refractivity contribution in [2.75, 3.05) is 13.1 Å².